The molecule has 0 unspecified atom stereocenters. The van der Waals surface area contributed by atoms with Crippen LogP contribution in [0, 0.1) is 5.41 Å². The quantitative estimate of drug-likeness (QED) is 0.0918. The fourth-order valence-electron chi connectivity index (χ4n) is 4.80. The second-order valence-corrected chi connectivity index (χ2v) is 16.0. The van der Waals surface area contributed by atoms with E-state index in [1.807, 2.05) is 30.3 Å². The SMILES string of the molecule is CC(C)OC(=O)NCCC(C)(C)C(=O)SCCO[P@](=O)(NCc1ccccc1)OC[C@H]1O[C@@H](n2cnc3c(N)ncnc32)[C@](C)(Cl)[C@@H]1O. The highest BCUT2D eigenvalue weighted by molar-refractivity contribution is 8.13. The third-order valence-electron chi connectivity index (χ3n) is 7.58. The molecule has 2 aromatic heterocycles. The topological polar surface area (TPSA) is 202 Å². The molecule has 15 nitrogen and oxygen atoms in total. The summed E-state index contributed by atoms with van der Waals surface area (Å²) in [5, 5.41) is 16.5. The molecule has 3 aromatic rings. The van der Waals surface area contributed by atoms with Crippen molar-refractivity contribution < 1.29 is 37.8 Å². The number of ether oxygens (including phenoxy) is 2. The number of alkyl halides is 1. The van der Waals surface area contributed by atoms with E-state index in [-0.39, 0.29) is 49.1 Å². The summed E-state index contributed by atoms with van der Waals surface area (Å²) in [5.74, 6) is 0.370. The maximum atomic E-state index is 13.9. The number of aromatic nitrogens is 4. The monoisotopic (exact) mass is 727 g/mol. The van der Waals surface area contributed by atoms with Crippen molar-refractivity contribution in [3.05, 3.63) is 48.5 Å². The van der Waals surface area contributed by atoms with Crippen LogP contribution in [0.2, 0.25) is 0 Å². The van der Waals surface area contributed by atoms with Gasteiger partial charge in [0.05, 0.1) is 25.6 Å². The summed E-state index contributed by atoms with van der Waals surface area (Å²) in [4.78, 5) is 35.8. The molecule has 18 heteroatoms. The lowest BCUT2D eigenvalue weighted by Gasteiger charge is -2.26. The minimum atomic E-state index is -4.00. The van der Waals surface area contributed by atoms with Crippen molar-refractivity contribution in [2.75, 3.05) is 31.2 Å². The molecule has 1 amide bonds. The van der Waals surface area contributed by atoms with Crippen LogP contribution in [0.1, 0.15) is 52.8 Å². The molecule has 4 rings (SSSR count). The van der Waals surface area contributed by atoms with Crippen LogP contribution in [0.15, 0.2) is 43.0 Å². The maximum Gasteiger partial charge on any atom is 0.407 e. The molecule has 264 valence electrons. The van der Waals surface area contributed by atoms with Gasteiger partial charge >= 0.3 is 13.8 Å². The van der Waals surface area contributed by atoms with Gasteiger partial charge < -0.3 is 25.6 Å². The number of carbonyl (C=O) groups excluding carboxylic acids is 2. The standard InChI is InChI=1S/C30H43ClN7O8PS/c1-19(2)45-28(41)33-12-11-29(3,4)27(40)48-14-13-43-47(42,37-15-20-9-7-6-8-10-20)44-16-21-23(39)30(5,31)26(46-21)38-18-36-22-24(32)34-17-35-25(22)38/h6-10,17-19,21,23,26,39H,11-16H2,1-5H3,(H,33,41)(H,37,42)(H2,32,34,35)/t21-,23-,26-,30-,47-/m1/s1. The van der Waals surface area contributed by atoms with Crippen molar-refractivity contribution in [3.63, 3.8) is 0 Å². The van der Waals surface area contributed by atoms with E-state index in [2.05, 4.69) is 25.4 Å². The molecule has 0 aliphatic carbocycles. The largest absolute Gasteiger partial charge is 0.447 e. The number of aliphatic hydroxyl groups is 1. The van der Waals surface area contributed by atoms with Crippen molar-refractivity contribution in [2.24, 2.45) is 5.41 Å². The first-order chi connectivity index (χ1) is 22.6. The van der Waals surface area contributed by atoms with Crippen LogP contribution < -0.4 is 16.1 Å². The molecular formula is C30H43ClN7O8PS. The number of hydrogen-bond acceptors (Lipinski definition) is 13. The summed E-state index contributed by atoms with van der Waals surface area (Å²) in [7, 11) is -4.00. The average molecular weight is 728 g/mol. The lowest BCUT2D eigenvalue weighted by molar-refractivity contribution is -0.118. The van der Waals surface area contributed by atoms with Crippen molar-refractivity contribution in [3.8, 4) is 0 Å². The highest BCUT2D eigenvalue weighted by Crippen LogP contribution is 2.48. The van der Waals surface area contributed by atoms with E-state index in [9.17, 15) is 19.3 Å². The molecule has 3 heterocycles. The Morgan fingerprint density at radius 3 is 2.67 bits per heavy atom. The summed E-state index contributed by atoms with van der Waals surface area (Å²) in [5.41, 5.74) is 6.73. The van der Waals surface area contributed by atoms with Crippen molar-refractivity contribution in [2.45, 2.75) is 77.0 Å². The summed E-state index contributed by atoms with van der Waals surface area (Å²) in [6, 6.07) is 9.26. The predicted molar refractivity (Wildman–Crippen MR) is 182 cm³/mol. The number of nitrogens with two attached hydrogens (primary N) is 1. The molecule has 48 heavy (non-hydrogen) atoms. The fourth-order valence-corrected chi connectivity index (χ4v) is 7.37. The second kappa shape index (κ2) is 16.3. The Hall–Kier alpha value is -2.82. The van der Waals surface area contributed by atoms with Crippen LogP contribution in [0.3, 0.4) is 0 Å². The number of thioether (sulfide) groups is 1. The molecule has 5 N–H and O–H groups in total. The summed E-state index contributed by atoms with van der Waals surface area (Å²) in [6.45, 7) is 8.68. The van der Waals surface area contributed by atoms with Crippen molar-refractivity contribution >= 4 is 59.3 Å². The van der Waals surface area contributed by atoms with E-state index in [4.69, 9.17) is 35.9 Å². The van der Waals surface area contributed by atoms with Gasteiger partial charge in [-0.2, -0.15) is 0 Å². The van der Waals surface area contributed by atoms with Crippen LogP contribution in [0.4, 0.5) is 10.6 Å². The Bertz CT molecular complexity index is 1600. The van der Waals surface area contributed by atoms with Crippen LogP contribution in [0.5, 0.6) is 0 Å². The van der Waals surface area contributed by atoms with Gasteiger partial charge in [-0.15, -0.1) is 11.6 Å². The van der Waals surface area contributed by atoms with E-state index in [1.54, 1.807) is 39.2 Å². The zero-order valence-corrected chi connectivity index (χ0v) is 30.0. The van der Waals surface area contributed by atoms with Crippen molar-refractivity contribution in [1.29, 1.82) is 0 Å². The third-order valence-corrected chi connectivity index (χ3v) is 10.7. The number of amides is 1. The van der Waals surface area contributed by atoms with Gasteiger partial charge in [-0.1, -0.05) is 55.9 Å². The molecule has 0 saturated carbocycles. The molecule has 1 aromatic carbocycles. The number of nitrogens with zero attached hydrogens (tertiary/aromatic N) is 4. The van der Waals surface area contributed by atoms with Gasteiger partial charge in [0.25, 0.3) is 0 Å². The number of anilines is 1. The Morgan fingerprint density at radius 1 is 1.23 bits per heavy atom. The lowest BCUT2D eigenvalue weighted by Crippen LogP contribution is -2.40. The van der Waals surface area contributed by atoms with Crippen LogP contribution in [-0.4, -0.2) is 84.5 Å². The number of nitrogens with one attached hydrogen (secondary N) is 2. The van der Waals surface area contributed by atoms with Gasteiger partial charge in [0.2, 0.25) is 0 Å². The zero-order chi connectivity index (χ0) is 35.1. The molecule has 1 aliphatic rings. The first-order valence-corrected chi connectivity index (χ1v) is 18.3. The van der Waals surface area contributed by atoms with E-state index in [0.717, 1.165) is 17.3 Å². The van der Waals surface area contributed by atoms with Crippen LogP contribution >= 0.6 is 31.1 Å². The van der Waals surface area contributed by atoms with E-state index in [0.29, 0.717) is 17.6 Å². The number of rotatable bonds is 16. The minimum absolute atomic E-state index is 0.0867. The minimum Gasteiger partial charge on any atom is -0.447 e. The summed E-state index contributed by atoms with van der Waals surface area (Å²) < 4.78 is 38.2. The highest BCUT2D eigenvalue weighted by atomic mass is 35.5. The number of hydrogen-bond donors (Lipinski definition) is 4. The number of nitrogen functional groups attached to an aromatic ring is 1. The fraction of sp³-hybridized carbons (Fsp3) is 0.567. The number of aliphatic hydroxyl groups excluding tert-OH is 1. The molecule has 1 fully saturated rings. The Labute approximate surface area is 288 Å². The first kappa shape index (κ1) is 38.0. The number of fused-ring (bicyclic) bond motifs is 1. The first-order valence-electron chi connectivity index (χ1n) is 15.4. The molecule has 5 atom stereocenters. The Balaban J connectivity index is 1.36. The Kier molecular flexibility index (Phi) is 12.9. The molecule has 0 bridgehead atoms. The number of imidazole rings is 1. The van der Waals surface area contributed by atoms with Gasteiger partial charge in [-0.25, -0.2) is 29.4 Å². The maximum absolute atomic E-state index is 13.9. The van der Waals surface area contributed by atoms with Gasteiger partial charge in [0.1, 0.15) is 28.9 Å². The van der Waals surface area contributed by atoms with Crippen LogP contribution in [-0.2, 0) is 34.4 Å². The summed E-state index contributed by atoms with van der Waals surface area (Å²) in [6.07, 6.45) is -0.837. The van der Waals surface area contributed by atoms with E-state index < -0.39 is 42.6 Å². The molecule has 1 aliphatic heterocycles. The number of alkyl carbamates (subject to hydrolysis) is 1. The smallest absolute Gasteiger partial charge is 0.407 e. The van der Waals surface area contributed by atoms with Crippen LogP contribution in [0.25, 0.3) is 11.2 Å². The molecule has 0 radical (unpaired) electrons. The second-order valence-electron chi connectivity index (χ2n) is 12.3. The van der Waals surface area contributed by atoms with Gasteiger partial charge in [-0.3, -0.25) is 18.4 Å². The normalized spacial score (nSPS) is 22.5. The van der Waals surface area contributed by atoms with Crippen molar-refractivity contribution in [1.82, 2.24) is 29.9 Å². The lowest BCUT2D eigenvalue weighted by atomic mass is 9.91. The highest BCUT2D eigenvalue weighted by Gasteiger charge is 2.54. The van der Waals surface area contributed by atoms with E-state index in [1.165, 1.54) is 12.7 Å². The predicted octanol–water partition coefficient (Wildman–Crippen LogP) is 4.41. The molecule has 0 spiro atoms. The Morgan fingerprint density at radius 2 is 1.96 bits per heavy atom. The number of halogens is 1. The molecule has 1 saturated heterocycles. The molecular weight excluding hydrogens is 685 g/mol. The van der Waals surface area contributed by atoms with Gasteiger partial charge in [0.15, 0.2) is 22.8 Å². The summed E-state index contributed by atoms with van der Waals surface area (Å²) >= 11 is 7.84. The third kappa shape index (κ3) is 9.66. The average Bonchev–Trinajstić information content (AvgIpc) is 3.55. The number of carbonyl (C=O) groups is 2. The van der Waals surface area contributed by atoms with E-state index >= 15 is 0 Å². The van der Waals surface area contributed by atoms with Gasteiger partial charge in [0, 0.05) is 24.3 Å². The number of benzene rings is 1. The zero-order valence-electron chi connectivity index (χ0n) is 27.5. The van der Waals surface area contributed by atoms with Gasteiger partial charge in [-0.05, 0) is 32.8 Å².